The minimum Gasteiger partial charge on any atom is -0.672 e. The van der Waals surface area contributed by atoms with Crippen molar-refractivity contribution in [2.45, 2.75) is 0 Å². The highest BCUT2D eigenvalue weighted by Gasteiger charge is 1.29. The molecule has 0 heterocycles. The van der Waals surface area contributed by atoms with Crippen molar-refractivity contribution in [1.82, 2.24) is 0 Å². The molecule has 0 spiro atoms. The van der Waals surface area contributed by atoms with Crippen LogP contribution in [-0.4, -0.2) is 70.4 Å². The molecule has 0 atom stereocenters. The lowest BCUT2D eigenvalue weighted by molar-refractivity contribution is -0.356. The fraction of sp³-hybridized carbons (Fsp3) is 0. The van der Waals surface area contributed by atoms with Crippen LogP contribution in [-0.2, 0) is 8.92 Å². The van der Waals surface area contributed by atoms with Crippen molar-refractivity contribution in [1.29, 1.82) is 0 Å². The van der Waals surface area contributed by atoms with Crippen molar-refractivity contribution in [2.24, 2.45) is 0 Å². The Morgan fingerprint density at radius 1 is 0.636 bits per heavy atom. The lowest BCUT2D eigenvalue weighted by atomic mass is 15.8. The maximum absolute atomic E-state index is 8.52. The van der Waals surface area contributed by atoms with Crippen molar-refractivity contribution in [2.75, 3.05) is 0 Å². The Labute approximate surface area is 98.1 Å². The summed E-state index contributed by atoms with van der Waals surface area (Å²) in [7, 11) is -7.26. The molecular formula is H9Al3O6Si2-4. The second-order valence-corrected chi connectivity index (χ2v) is 1.50. The van der Waals surface area contributed by atoms with Gasteiger partial charge in [0.05, 0.1) is 0 Å². The van der Waals surface area contributed by atoms with Crippen molar-refractivity contribution in [3.63, 3.8) is 0 Å². The van der Waals surface area contributed by atoms with Crippen LogP contribution in [0.3, 0.4) is 0 Å². The van der Waals surface area contributed by atoms with E-state index in [0.717, 1.165) is 0 Å². The highest BCUT2D eigenvalue weighted by Crippen LogP contribution is 0.993. The zero-order valence-electron chi connectivity index (χ0n) is 3.45. The minimum absolute atomic E-state index is 0. The van der Waals surface area contributed by atoms with E-state index in [-0.39, 0.29) is 52.1 Å². The van der Waals surface area contributed by atoms with Gasteiger partial charge < -0.3 is 28.1 Å². The quantitative estimate of drug-likeness (QED) is 0.388. The SMILES string of the molecule is O=[Si]([O-])[O-].O=[Si]([O-])[O-].[AlH3].[AlH3].[AlH3]. The van der Waals surface area contributed by atoms with Gasteiger partial charge in [0.25, 0.3) is 0 Å². The molecule has 0 bridgehead atoms. The zero-order chi connectivity index (χ0) is 7.15. The molecule has 6 nitrogen and oxygen atoms in total. The number of rotatable bonds is 0. The maximum Gasteiger partial charge on any atom is 0.187 e. The van der Waals surface area contributed by atoms with Gasteiger partial charge in [0, 0.05) is 18.3 Å². The lowest BCUT2D eigenvalue weighted by Gasteiger charge is -1.95. The summed E-state index contributed by atoms with van der Waals surface area (Å²) >= 11 is 0. The predicted octanol–water partition coefficient (Wildman–Crippen LogP) is -9.31. The van der Waals surface area contributed by atoms with Gasteiger partial charge in [0.2, 0.25) is 0 Å². The van der Waals surface area contributed by atoms with Gasteiger partial charge in [-0.2, -0.15) is 0 Å². The molecule has 0 unspecified atom stereocenters. The van der Waals surface area contributed by atoms with E-state index < -0.39 is 18.3 Å². The summed E-state index contributed by atoms with van der Waals surface area (Å²) < 4.78 is 17.0. The molecule has 0 fully saturated rings. The highest BCUT2D eigenvalue weighted by molar-refractivity contribution is 6.17. The van der Waals surface area contributed by atoms with E-state index in [4.69, 9.17) is 28.1 Å². The fourth-order valence-corrected chi connectivity index (χ4v) is 0. The Bertz CT molecular complexity index is 73.8. The van der Waals surface area contributed by atoms with Crippen LogP contribution in [0, 0.1) is 0 Å². The molecule has 11 heteroatoms. The maximum atomic E-state index is 8.52. The summed E-state index contributed by atoms with van der Waals surface area (Å²) in [5.41, 5.74) is 0. The van der Waals surface area contributed by atoms with Gasteiger partial charge in [0.15, 0.2) is 52.1 Å². The van der Waals surface area contributed by atoms with Crippen LogP contribution in [0.2, 0.25) is 0 Å². The second-order valence-electron chi connectivity index (χ2n) is 0.500. The molecule has 0 aliphatic carbocycles. The first-order chi connectivity index (χ1) is 3.46. The summed E-state index contributed by atoms with van der Waals surface area (Å²) in [4.78, 5) is 34.1. The Balaban J connectivity index is -0.0000000171. The molecule has 0 aromatic rings. The second kappa shape index (κ2) is 22.4. The molecule has 0 saturated heterocycles. The lowest BCUT2D eigenvalue weighted by Crippen LogP contribution is -2.34. The summed E-state index contributed by atoms with van der Waals surface area (Å²) in [5, 5.41) is 0. The molecule has 0 N–H and O–H groups in total. The summed E-state index contributed by atoms with van der Waals surface area (Å²) in [5.74, 6) is 0. The topological polar surface area (TPSA) is 126 Å². The molecule has 0 aromatic carbocycles. The Morgan fingerprint density at radius 2 is 0.636 bits per heavy atom. The van der Waals surface area contributed by atoms with E-state index in [0.29, 0.717) is 0 Å². The van der Waals surface area contributed by atoms with Crippen LogP contribution in [0.15, 0.2) is 0 Å². The van der Waals surface area contributed by atoms with Gasteiger partial charge in [-0.1, -0.05) is 0 Å². The smallest absolute Gasteiger partial charge is 0.187 e. The number of hydrogen-bond acceptors (Lipinski definition) is 6. The average molecular weight is 242 g/mol. The van der Waals surface area contributed by atoms with Crippen LogP contribution in [0.25, 0.3) is 0 Å². The summed E-state index contributed by atoms with van der Waals surface area (Å²) in [6.07, 6.45) is 0. The van der Waals surface area contributed by atoms with E-state index in [1.807, 2.05) is 0 Å². The minimum atomic E-state index is -3.63. The highest BCUT2D eigenvalue weighted by atomic mass is 28.3. The molecule has 0 saturated carbocycles. The van der Waals surface area contributed by atoms with Gasteiger partial charge in [-0.3, -0.25) is 0 Å². The van der Waals surface area contributed by atoms with Gasteiger partial charge in [-0.05, 0) is 0 Å². The first-order valence-corrected chi connectivity index (χ1v) is 3.67. The first-order valence-electron chi connectivity index (χ1n) is 1.22. The standard InChI is InChI=1S/3Al.2O3Si.9H/c;;;2*1-4(2)3;;;;;;;;;/q;;;2*-2;;;;;;;;;. The summed E-state index contributed by atoms with van der Waals surface area (Å²) in [6.45, 7) is 0. The first kappa shape index (κ1) is 29.7. The van der Waals surface area contributed by atoms with Gasteiger partial charge >= 0.3 is 0 Å². The molecule has 0 aliphatic heterocycles. The third kappa shape index (κ3) is 1220. The van der Waals surface area contributed by atoms with E-state index in [2.05, 4.69) is 0 Å². The largest absolute Gasteiger partial charge is 0.672 e. The third-order valence-corrected chi connectivity index (χ3v) is 0. The van der Waals surface area contributed by atoms with Crippen LogP contribution in [0.5, 0.6) is 0 Å². The van der Waals surface area contributed by atoms with Gasteiger partial charge in [-0.25, -0.2) is 0 Å². The Kier molecular flexibility index (Phi) is 60.7. The molecule has 11 heavy (non-hydrogen) atoms. The fourth-order valence-electron chi connectivity index (χ4n) is 0. The molecular weight excluding hydrogens is 233 g/mol. The molecule has 0 radical (unpaired) electrons. The predicted molar refractivity (Wildman–Crippen MR) is 42.7 cm³/mol. The van der Waals surface area contributed by atoms with Crippen LogP contribution in [0.4, 0.5) is 0 Å². The molecule has 0 aliphatic rings. The van der Waals surface area contributed by atoms with E-state index in [9.17, 15) is 0 Å². The number of hydrogen-bond donors (Lipinski definition) is 0. The normalized spacial score (nSPS) is 4.36. The monoisotopic (exact) mass is 242 g/mol. The molecule has 66 valence electrons. The average Bonchev–Trinajstić information content (AvgIpc) is 1.25. The van der Waals surface area contributed by atoms with E-state index >= 15 is 0 Å². The molecule has 0 aromatic heterocycles. The van der Waals surface area contributed by atoms with Crippen molar-refractivity contribution < 1.29 is 28.1 Å². The van der Waals surface area contributed by atoms with Crippen LogP contribution in [0.1, 0.15) is 0 Å². The van der Waals surface area contributed by atoms with Crippen LogP contribution >= 0.6 is 0 Å². The zero-order valence-corrected chi connectivity index (χ0v) is 5.45. The molecule has 0 amide bonds. The Hall–Kier alpha value is 0.831. The van der Waals surface area contributed by atoms with Crippen molar-refractivity contribution in [3.05, 3.63) is 0 Å². The molecule has 0 rings (SSSR count). The van der Waals surface area contributed by atoms with Gasteiger partial charge in [-0.15, -0.1) is 0 Å². The van der Waals surface area contributed by atoms with Crippen LogP contribution < -0.4 is 19.2 Å². The van der Waals surface area contributed by atoms with Crippen molar-refractivity contribution >= 4 is 70.4 Å². The third-order valence-electron chi connectivity index (χ3n) is 0. The van der Waals surface area contributed by atoms with Crippen molar-refractivity contribution in [3.8, 4) is 0 Å². The van der Waals surface area contributed by atoms with E-state index in [1.165, 1.54) is 0 Å². The summed E-state index contributed by atoms with van der Waals surface area (Å²) in [6, 6.07) is 0. The van der Waals surface area contributed by atoms with E-state index in [1.54, 1.807) is 0 Å². The Morgan fingerprint density at radius 3 is 0.636 bits per heavy atom. The van der Waals surface area contributed by atoms with Gasteiger partial charge in [0.1, 0.15) is 0 Å².